The molecule has 154 valence electrons. The number of hydrogen-bond acceptors (Lipinski definition) is 5. The Bertz CT molecular complexity index is 975. The van der Waals surface area contributed by atoms with Gasteiger partial charge in [0.25, 0.3) is 5.91 Å². The highest BCUT2D eigenvalue weighted by Gasteiger charge is 2.34. The number of thiophene rings is 1. The predicted molar refractivity (Wildman–Crippen MR) is 115 cm³/mol. The van der Waals surface area contributed by atoms with Crippen molar-refractivity contribution < 1.29 is 14.3 Å². The van der Waals surface area contributed by atoms with Crippen LogP contribution < -0.4 is 10.1 Å². The fraction of sp³-hybridized carbons (Fsp3) is 0.261. The number of carbonyl (C=O) groups excluding carboxylic acids is 2. The highest BCUT2D eigenvalue weighted by Crippen LogP contribution is 2.22. The van der Waals surface area contributed by atoms with E-state index in [1.165, 1.54) is 11.3 Å². The Morgan fingerprint density at radius 1 is 1.13 bits per heavy atom. The zero-order valence-corrected chi connectivity index (χ0v) is 17.3. The van der Waals surface area contributed by atoms with Gasteiger partial charge < -0.3 is 15.0 Å². The molecule has 2 amide bonds. The molecule has 6 nitrogen and oxygen atoms in total. The smallest absolute Gasteiger partial charge is 0.264 e. The summed E-state index contributed by atoms with van der Waals surface area (Å²) in [5, 5.41) is 4.85. The van der Waals surface area contributed by atoms with Crippen LogP contribution in [0.2, 0.25) is 0 Å². The van der Waals surface area contributed by atoms with Gasteiger partial charge in [0.15, 0.2) is 0 Å². The largest absolute Gasteiger partial charge is 0.489 e. The van der Waals surface area contributed by atoms with E-state index in [1.54, 1.807) is 23.4 Å². The minimum absolute atomic E-state index is 0.0576. The number of benzene rings is 1. The van der Waals surface area contributed by atoms with Crippen molar-refractivity contribution in [2.24, 2.45) is 0 Å². The summed E-state index contributed by atoms with van der Waals surface area (Å²) < 4.78 is 5.76. The quantitative estimate of drug-likeness (QED) is 0.632. The van der Waals surface area contributed by atoms with Crippen LogP contribution in [0.5, 0.6) is 5.75 Å². The summed E-state index contributed by atoms with van der Waals surface area (Å²) in [6.45, 7) is 1.50. The first kappa shape index (κ1) is 20.1. The molecular weight excluding hydrogens is 398 g/mol. The molecule has 1 N–H and O–H groups in total. The monoisotopic (exact) mass is 421 g/mol. The first-order chi connectivity index (χ1) is 14.7. The van der Waals surface area contributed by atoms with Gasteiger partial charge in [-0.25, -0.2) is 0 Å². The van der Waals surface area contributed by atoms with Gasteiger partial charge in [0, 0.05) is 31.0 Å². The Balaban J connectivity index is 1.28. The van der Waals surface area contributed by atoms with Crippen molar-refractivity contribution in [3.8, 4) is 5.75 Å². The van der Waals surface area contributed by atoms with Crippen molar-refractivity contribution in [3.63, 3.8) is 0 Å². The minimum atomic E-state index is -0.401. The molecule has 0 saturated carbocycles. The molecule has 0 aliphatic carbocycles. The second-order valence-corrected chi connectivity index (χ2v) is 8.09. The summed E-state index contributed by atoms with van der Waals surface area (Å²) in [4.78, 5) is 31.8. The molecule has 30 heavy (non-hydrogen) atoms. The molecule has 3 aromatic rings. The van der Waals surface area contributed by atoms with Crippen LogP contribution in [0.25, 0.3) is 0 Å². The van der Waals surface area contributed by atoms with E-state index < -0.39 is 6.04 Å². The average molecular weight is 422 g/mol. The van der Waals surface area contributed by atoms with E-state index in [1.807, 2.05) is 47.8 Å². The predicted octanol–water partition coefficient (Wildman–Crippen LogP) is 3.64. The van der Waals surface area contributed by atoms with Crippen molar-refractivity contribution in [3.05, 3.63) is 82.3 Å². The van der Waals surface area contributed by atoms with E-state index in [0.717, 1.165) is 23.3 Å². The standard InChI is InChI=1S/C23H23N3O3S/c27-22(20-5-2-12-26(20)23(28)21-6-3-13-30-21)25-15-17-7-9-19(10-8-17)29-16-18-4-1-11-24-14-18/h1,3-4,6-11,13-14,20H,2,5,12,15-16H2,(H,25,27)/t20-/m0/s1. The number of hydrogen-bond donors (Lipinski definition) is 1. The number of pyridine rings is 1. The third-order valence-corrected chi connectivity index (χ3v) is 5.92. The van der Waals surface area contributed by atoms with E-state index >= 15 is 0 Å². The van der Waals surface area contributed by atoms with Crippen LogP contribution in [-0.4, -0.2) is 34.3 Å². The van der Waals surface area contributed by atoms with Crippen molar-refractivity contribution in [1.29, 1.82) is 0 Å². The maximum absolute atomic E-state index is 12.7. The fourth-order valence-corrected chi connectivity index (χ4v) is 4.16. The first-order valence-corrected chi connectivity index (χ1v) is 10.8. The topological polar surface area (TPSA) is 71.5 Å². The van der Waals surface area contributed by atoms with Crippen LogP contribution in [0.3, 0.4) is 0 Å². The van der Waals surface area contributed by atoms with Crippen LogP contribution in [0, 0.1) is 0 Å². The summed E-state index contributed by atoms with van der Waals surface area (Å²) >= 11 is 1.41. The van der Waals surface area contributed by atoms with Crippen molar-refractivity contribution in [1.82, 2.24) is 15.2 Å². The number of rotatable bonds is 7. The number of amides is 2. The maximum atomic E-state index is 12.7. The molecule has 0 radical (unpaired) electrons. The molecule has 3 heterocycles. The molecule has 0 bridgehead atoms. The molecule has 2 aromatic heterocycles. The Morgan fingerprint density at radius 2 is 2.00 bits per heavy atom. The van der Waals surface area contributed by atoms with E-state index in [2.05, 4.69) is 10.3 Å². The summed E-state index contributed by atoms with van der Waals surface area (Å²) in [6, 6.07) is 14.7. The molecule has 1 aromatic carbocycles. The lowest BCUT2D eigenvalue weighted by atomic mass is 10.1. The summed E-state index contributed by atoms with van der Waals surface area (Å²) in [7, 11) is 0. The van der Waals surface area contributed by atoms with Crippen LogP contribution in [-0.2, 0) is 17.9 Å². The fourth-order valence-electron chi connectivity index (χ4n) is 3.48. The second kappa shape index (κ2) is 9.54. The van der Waals surface area contributed by atoms with Gasteiger partial charge in [-0.15, -0.1) is 11.3 Å². The maximum Gasteiger partial charge on any atom is 0.264 e. The van der Waals surface area contributed by atoms with Gasteiger partial charge in [-0.05, 0) is 48.1 Å². The number of aromatic nitrogens is 1. The van der Waals surface area contributed by atoms with Gasteiger partial charge in [0.1, 0.15) is 18.4 Å². The van der Waals surface area contributed by atoms with Crippen LogP contribution in [0.1, 0.15) is 33.6 Å². The number of ether oxygens (including phenoxy) is 1. The molecule has 7 heteroatoms. The lowest BCUT2D eigenvalue weighted by Gasteiger charge is -2.23. The third kappa shape index (κ3) is 4.86. The van der Waals surface area contributed by atoms with Crippen molar-refractivity contribution in [2.75, 3.05) is 6.54 Å². The molecular formula is C23H23N3O3S. The van der Waals surface area contributed by atoms with Crippen molar-refractivity contribution in [2.45, 2.75) is 32.0 Å². The van der Waals surface area contributed by atoms with Gasteiger partial charge in [-0.1, -0.05) is 24.3 Å². The highest BCUT2D eigenvalue weighted by atomic mass is 32.1. The molecule has 0 unspecified atom stereocenters. The Hall–Kier alpha value is -3.19. The third-order valence-electron chi connectivity index (χ3n) is 5.07. The second-order valence-electron chi connectivity index (χ2n) is 7.15. The van der Waals surface area contributed by atoms with Gasteiger partial charge in [0.05, 0.1) is 4.88 Å². The molecule has 1 aliphatic rings. The normalized spacial score (nSPS) is 15.7. The SMILES string of the molecule is O=C(NCc1ccc(OCc2cccnc2)cc1)[C@@H]1CCCN1C(=O)c1cccs1. The molecule has 1 atom stereocenters. The van der Waals surface area contributed by atoms with E-state index in [4.69, 9.17) is 4.74 Å². The lowest BCUT2D eigenvalue weighted by molar-refractivity contribution is -0.125. The zero-order chi connectivity index (χ0) is 20.8. The van der Waals surface area contributed by atoms with Gasteiger partial charge >= 0.3 is 0 Å². The highest BCUT2D eigenvalue weighted by molar-refractivity contribution is 7.12. The van der Waals surface area contributed by atoms with Gasteiger partial charge in [-0.3, -0.25) is 14.6 Å². The molecule has 0 spiro atoms. The number of carbonyl (C=O) groups is 2. The first-order valence-electron chi connectivity index (χ1n) is 9.93. The van der Waals surface area contributed by atoms with Crippen LogP contribution in [0.4, 0.5) is 0 Å². The molecule has 1 fully saturated rings. The van der Waals surface area contributed by atoms with Gasteiger partial charge in [0.2, 0.25) is 5.91 Å². The summed E-state index contributed by atoms with van der Waals surface area (Å²) in [5.41, 5.74) is 1.98. The van der Waals surface area contributed by atoms with Crippen LogP contribution in [0.15, 0.2) is 66.3 Å². The lowest BCUT2D eigenvalue weighted by Crippen LogP contribution is -2.45. The molecule has 1 saturated heterocycles. The molecule has 4 rings (SSSR count). The Kier molecular flexibility index (Phi) is 6.39. The van der Waals surface area contributed by atoms with Gasteiger partial charge in [-0.2, -0.15) is 0 Å². The van der Waals surface area contributed by atoms with E-state index in [0.29, 0.717) is 31.0 Å². The zero-order valence-electron chi connectivity index (χ0n) is 16.5. The number of nitrogens with one attached hydrogen (secondary N) is 1. The van der Waals surface area contributed by atoms with E-state index in [9.17, 15) is 9.59 Å². The van der Waals surface area contributed by atoms with Crippen LogP contribution >= 0.6 is 11.3 Å². The Morgan fingerprint density at radius 3 is 2.73 bits per heavy atom. The Labute approximate surface area is 179 Å². The minimum Gasteiger partial charge on any atom is -0.489 e. The average Bonchev–Trinajstić information content (AvgIpc) is 3.49. The number of nitrogens with zero attached hydrogens (tertiary/aromatic N) is 2. The van der Waals surface area contributed by atoms with Crippen molar-refractivity contribution >= 4 is 23.2 Å². The summed E-state index contributed by atoms with van der Waals surface area (Å²) in [6.07, 6.45) is 5.05. The molecule has 1 aliphatic heterocycles. The summed E-state index contributed by atoms with van der Waals surface area (Å²) in [5.74, 6) is 0.601. The van der Waals surface area contributed by atoms with E-state index in [-0.39, 0.29) is 11.8 Å². The number of likely N-dealkylation sites (tertiary alicyclic amines) is 1.